The van der Waals surface area contributed by atoms with Gasteiger partial charge in [0.2, 0.25) is 5.91 Å². The number of benzene rings is 2. The third kappa shape index (κ3) is 5.95. The normalized spacial score (nSPS) is 12.2. The summed E-state index contributed by atoms with van der Waals surface area (Å²) in [6, 6.07) is 12.0. The van der Waals surface area contributed by atoms with Gasteiger partial charge in [-0.3, -0.25) is 9.59 Å². The van der Waals surface area contributed by atoms with Crippen LogP contribution in [0.25, 0.3) is 10.2 Å². The number of thioether (sulfide) groups is 1. The third-order valence-electron chi connectivity index (χ3n) is 5.15. The smallest absolute Gasteiger partial charge is 0.253 e. The Morgan fingerprint density at radius 3 is 2.63 bits per heavy atom. The second kappa shape index (κ2) is 10.9. The largest absolute Gasteiger partial charge is 0.342 e. The number of nitrogens with one attached hydrogen (secondary N) is 2. The molecule has 4 aromatic rings. The van der Waals surface area contributed by atoms with Crippen LogP contribution < -0.4 is 10.6 Å². The molecule has 2 heterocycles. The Hall–Kier alpha value is -2.66. The number of thiazole rings is 1. The lowest BCUT2D eigenvalue weighted by Crippen LogP contribution is -2.33. The minimum Gasteiger partial charge on any atom is -0.342 e. The molecular formula is C23H22Cl2N6O2S2. The second-order valence-corrected chi connectivity index (χ2v) is 10.9. The van der Waals surface area contributed by atoms with Gasteiger partial charge in [0.05, 0.1) is 32.6 Å². The number of carbonyl (C=O) groups is 2. The number of nitrogens with zero attached hydrogens (tertiary/aromatic N) is 4. The fraction of sp³-hybridized carbons (Fsp3) is 0.261. The molecule has 12 heteroatoms. The molecule has 0 bridgehead atoms. The molecule has 2 aromatic carbocycles. The molecule has 4 rings (SSSR count). The van der Waals surface area contributed by atoms with Crippen molar-refractivity contribution < 1.29 is 9.59 Å². The molecular weight excluding hydrogens is 527 g/mol. The van der Waals surface area contributed by atoms with Crippen LogP contribution in [0.1, 0.15) is 36.1 Å². The number of fused-ring (bicyclic) bond motifs is 1. The minimum atomic E-state index is -0.419. The van der Waals surface area contributed by atoms with Crippen molar-refractivity contribution in [2.75, 3.05) is 11.1 Å². The molecule has 0 saturated heterocycles. The number of anilines is 1. The first kappa shape index (κ1) is 25.4. The lowest BCUT2D eigenvalue weighted by Gasteiger charge is -2.22. The Bertz CT molecular complexity index is 1350. The van der Waals surface area contributed by atoms with Gasteiger partial charge in [-0.25, -0.2) is 4.98 Å². The summed E-state index contributed by atoms with van der Waals surface area (Å²) in [5, 5.41) is 16.2. The molecule has 2 N–H and O–H groups in total. The highest BCUT2D eigenvalue weighted by Gasteiger charge is 2.26. The Kier molecular flexibility index (Phi) is 7.95. The number of rotatable bonds is 8. The van der Waals surface area contributed by atoms with Crippen LogP contribution in [-0.4, -0.2) is 37.3 Å². The van der Waals surface area contributed by atoms with E-state index in [4.69, 9.17) is 23.2 Å². The molecule has 2 aromatic heterocycles. The summed E-state index contributed by atoms with van der Waals surface area (Å²) < 4.78 is 2.79. The maximum Gasteiger partial charge on any atom is 0.253 e. The number of amides is 2. The SMILES string of the molecule is CC(C)[C@@H](NC(=O)c1ccc(Cl)cc1Cl)c1nnc(SCC(=O)Nc2nc3ccccc3s2)n1C. The van der Waals surface area contributed by atoms with Gasteiger partial charge < -0.3 is 15.2 Å². The van der Waals surface area contributed by atoms with Crippen molar-refractivity contribution in [2.24, 2.45) is 13.0 Å². The van der Waals surface area contributed by atoms with Crippen LogP contribution in [0.4, 0.5) is 5.13 Å². The average Bonchev–Trinajstić information content (AvgIpc) is 3.38. The molecule has 8 nitrogen and oxygen atoms in total. The zero-order valence-electron chi connectivity index (χ0n) is 19.1. The van der Waals surface area contributed by atoms with Crippen molar-refractivity contribution in [1.29, 1.82) is 0 Å². The number of hydrogen-bond acceptors (Lipinski definition) is 7. The second-order valence-electron chi connectivity index (χ2n) is 8.04. The van der Waals surface area contributed by atoms with Gasteiger partial charge in [0, 0.05) is 12.1 Å². The highest BCUT2D eigenvalue weighted by Crippen LogP contribution is 2.28. The fourth-order valence-electron chi connectivity index (χ4n) is 3.36. The van der Waals surface area contributed by atoms with Crippen LogP contribution in [0, 0.1) is 5.92 Å². The summed E-state index contributed by atoms with van der Waals surface area (Å²) in [7, 11) is 1.81. The standard InChI is InChI=1S/C23H22Cl2N6O2S2/c1-12(2)19(28-21(33)14-9-8-13(24)10-15(14)25)20-29-30-23(31(20)3)34-11-18(32)27-22-26-16-6-4-5-7-17(16)35-22/h4-10,12,19H,11H2,1-3H3,(H,28,33)(H,26,27,32)/t19-/m1/s1. The van der Waals surface area contributed by atoms with E-state index in [1.54, 1.807) is 23.7 Å². The predicted octanol–water partition coefficient (Wildman–Crippen LogP) is 5.59. The van der Waals surface area contributed by atoms with Crippen LogP contribution in [0.5, 0.6) is 0 Å². The van der Waals surface area contributed by atoms with E-state index in [9.17, 15) is 9.59 Å². The zero-order valence-corrected chi connectivity index (χ0v) is 22.2. The van der Waals surface area contributed by atoms with Crippen LogP contribution >= 0.6 is 46.3 Å². The van der Waals surface area contributed by atoms with Crippen molar-refractivity contribution in [3.05, 3.63) is 63.9 Å². The van der Waals surface area contributed by atoms with Crippen molar-refractivity contribution in [2.45, 2.75) is 25.0 Å². The number of hydrogen-bond donors (Lipinski definition) is 2. The van der Waals surface area contributed by atoms with E-state index in [0.29, 0.717) is 26.7 Å². The predicted molar refractivity (Wildman–Crippen MR) is 141 cm³/mol. The maximum absolute atomic E-state index is 12.9. The van der Waals surface area contributed by atoms with Gasteiger partial charge in [-0.15, -0.1) is 10.2 Å². The lowest BCUT2D eigenvalue weighted by atomic mass is 10.0. The number of para-hydroxylation sites is 1. The maximum atomic E-state index is 12.9. The molecule has 0 unspecified atom stereocenters. The summed E-state index contributed by atoms with van der Waals surface area (Å²) in [5.74, 6) is 0.212. The van der Waals surface area contributed by atoms with Crippen LogP contribution in [0.2, 0.25) is 10.0 Å². The van der Waals surface area contributed by atoms with Gasteiger partial charge in [0.25, 0.3) is 5.91 Å². The van der Waals surface area contributed by atoms with E-state index in [0.717, 1.165) is 10.2 Å². The van der Waals surface area contributed by atoms with Crippen molar-refractivity contribution >= 4 is 73.5 Å². The summed E-state index contributed by atoms with van der Waals surface area (Å²) in [6.07, 6.45) is 0. The molecule has 0 radical (unpaired) electrons. The highest BCUT2D eigenvalue weighted by molar-refractivity contribution is 7.99. The minimum absolute atomic E-state index is 0.0214. The van der Waals surface area contributed by atoms with Gasteiger partial charge in [-0.2, -0.15) is 0 Å². The topological polar surface area (TPSA) is 102 Å². The first-order valence-corrected chi connectivity index (χ1v) is 13.2. The highest BCUT2D eigenvalue weighted by atomic mass is 35.5. The molecule has 0 aliphatic heterocycles. The van der Waals surface area contributed by atoms with Crippen LogP contribution in [0.3, 0.4) is 0 Å². The molecule has 0 spiro atoms. The van der Waals surface area contributed by atoms with Gasteiger partial charge in [-0.05, 0) is 36.2 Å². The number of halogens is 2. The average molecular weight is 550 g/mol. The molecule has 0 aliphatic rings. The Morgan fingerprint density at radius 1 is 1.14 bits per heavy atom. The van der Waals surface area contributed by atoms with Crippen molar-refractivity contribution in [1.82, 2.24) is 25.1 Å². The molecule has 0 aliphatic carbocycles. The molecule has 2 amide bonds. The van der Waals surface area contributed by atoms with E-state index in [-0.39, 0.29) is 28.5 Å². The summed E-state index contributed by atoms with van der Waals surface area (Å²) in [4.78, 5) is 29.8. The monoisotopic (exact) mass is 548 g/mol. The van der Waals surface area contributed by atoms with Crippen LogP contribution in [-0.2, 0) is 11.8 Å². The Labute approximate surface area is 220 Å². The van der Waals surface area contributed by atoms with Gasteiger partial charge >= 0.3 is 0 Å². The molecule has 182 valence electrons. The number of carbonyl (C=O) groups excluding carboxylic acids is 2. The van der Waals surface area contributed by atoms with E-state index >= 15 is 0 Å². The molecule has 35 heavy (non-hydrogen) atoms. The van der Waals surface area contributed by atoms with E-state index in [1.807, 2.05) is 38.1 Å². The third-order valence-corrected chi connectivity index (χ3v) is 7.67. The van der Waals surface area contributed by atoms with Gasteiger partial charge in [0.15, 0.2) is 16.1 Å². The zero-order chi connectivity index (χ0) is 25.1. The summed E-state index contributed by atoms with van der Waals surface area (Å²) in [6.45, 7) is 3.95. The number of aromatic nitrogens is 4. The Morgan fingerprint density at radius 2 is 1.91 bits per heavy atom. The van der Waals surface area contributed by atoms with E-state index in [1.165, 1.54) is 29.2 Å². The quantitative estimate of drug-likeness (QED) is 0.278. The fourth-order valence-corrected chi connectivity index (χ4v) is 5.45. The van der Waals surface area contributed by atoms with Crippen LogP contribution in [0.15, 0.2) is 47.6 Å². The summed E-state index contributed by atoms with van der Waals surface area (Å²) >= 11 is 14.8. The lowest BCUT2D eigenvalue weighted by molar-refractivity contribution is -0.113. The first-order chi connectivity index (χ1) is 16.7. The van der Waals surface area contributed by atoms with Crippen molar-refractivity contribution in [3.63, 3.8) is 0 Å². The first-order valence-electron chi connectivity index (χ1n) is 10.7. The molecule has 0 fully saturated rings. The van der Waals surface area contributed by atoms with Gasteiger partial charge in [-0.1, -0.05) is 72.3 Å². The van der Waals surface area contributed by atoms with E-state index in [2.05, 4.69) is 25.8 Å². The van der Waals surface area contributed by atoms with Crippen molar-refractivity contribution in [3.8, 4) is 0 Å². The molecule has 1 atom stereocenters. The Balaban J connectivity index is 1.42. The van der Waals surface area contributed by atoms with E-state index < -0.39 is 6.04 Å². The molecule has 0 saturated carbocycles. The summed E-state index contributed by atoms with van der Waals surface area (Å²) in [5.41, 5.74) is 1.17. The van der Waals surface area contributed by atoms with Gasteiger partial charge in [0.1, 0.15) is 0 Å².